The van der Waals surface area contributed by atoms with Gasteiger partial charge in [0.1, 0.15) is 0 Å². The van der Waals surface area contributed by atoms with Crippen LogP contribution in [0.25, 0.3) is 0 Å². The Morgan fingerprint density at radius 2 is 1.93 bits per heavy atom. The maximum atomic E-state index is 5.49. The van der Waals surface area contributed by atoms with Gasteiger partial charge in [0.15, 0.2) is 0 Å². The van der Waals surface area contributed by atoms with Gasteiger partial charge in [0.2, 0.25) is 0 Å². The van der Waals surface area contributed by atoms with E-state index >= 15 is 0 Å². The molecule has 0 aliphatic heterocycles. The van der Waals surface area contributed by atoms with Crippen molar-refractivity contribution < 1.29 is 9.57 Å². The van der Waals surface area contributed by atoms with E-state index in [0.717, 1.165) is 19.6 Å². The molecule has 1 N–H and O–H groups in total. The first kappa shape index (κ1) is 12.2. The molecule has 0 fully saturated rings. The van der Waals surface area contributed by atoms with Crippen LogP contribution in [-0.2, 0) is 16.2 Å². The molecule has 0 unspecified atom stereocenters. The Morgan fingerprint density at radius 1 is 1.13 bits per heavy atom. The van der Waals surface area contributed by atoms with E-state index in [0.29, 0.717) is 13.2 Å². The molecule has 0 heterocycles. The van der Waals surface area contributed by atoms with E-state index in [1.54, 1.807) is 0 Å². The minimum absolute atomic E-state index is 0.683. The Morgan fingerprint density at radius 3 is 2.67 bits per heavy atom. The zero-order valence-electron chi connectivity index (χ0n) is 9.24. The van der Waals surface area contributed by atoms with Crippen molar-refractivity contribution in [2.45, 2.75) is 20.0 Å². The van der Waals surface area contributed by atoms with Crippen molar-refractivity contribution in [3.8, 4) is 0 Å². The Labute approximate surface area is 91.4 Å². The summed E-state index contributed by atoms with van der Waals surface area (Å²) >= 11 is 0. The minimum atomic E-state index is 0.683. The third kappa shape index (κ3) is 6.23. The van der Waals surface area contributed by atoms with E-state index < -0.39 is 0 Å². The number of hydrogen-bond donors (Lipinski definition) is 1. The summed E-state index contributed by atoms with van der Waals surface area (Å²) in [6.45, 7) is 4.96. The van der Waals surface area contributed by atoms with Crippen LogP contribution in [-0.4, -0.2) is 19.8 Å². The van der Waals surface area contributed by atoms with Gasteiger partial charge in [0, 0.05) is 13.2 Å². The average Bonchev–Trinajstić information content (AvgIpc) is 2.29. The zero-order valence-corrected chi connectivity index (χ0v) is 9.24. The highest BCUT2D eigenvalue weighted by Gasteiger charge is 1.92. The predicted molar refractivity (Wildman–Crippen MR) is 60.3 cm³/mol. The lowest BCUT2D eigenvalue weighted by atomic mass is 10.2. The molecule has 15 heavy (non-hydrogen) atoms. The standard InChI is InChI=1S/C12H19NO2/c1-2-13-15-10-6-9-14-11-12-7-4-3-5-8-12/h3-5,7-8,13H,2,6,9-11H2,1H3. The summed E-state index contributed by atoms with van der Waals surface area (Å²) in [5.74, 6) is 0. The third-order valence-electron chi connectivity index (χ3n) is 1.89. The molecule has 84 valence electrons. The third-order valence-corrected chi connectivity index (χ3v) is 1.89. The fourth-order valence-electron chi connectivity index (χ4n) is 1.17. The topological polar surface area (TPSA) is 30.5 Å². The summed E-state index contributed by atoms with van der Waals surface area (Å²) in [6.07, 6.45) is 0.917. The summed E-state index contributed by atoms with van der Waals surface area (Å²) in [5, 5.41) is 0. The molecule has 3 nitrogen and oxygen atoms in total. The van der Waals surface area contributed by atoms with Crippen LogP contribution in [0.1, 0.15) is 18.9 Å². The van der Waals surface area contributed by atoms with Gasteiger partial charge in [-0.05, 0) is 12.0 Å². The van der Waals surface area contributed by atoms with Crippen LogP contribution in [0.3, 0.4) is 0 Å². The molecule has 0 amide bonds. The van der Waals surface area contributed by atoms with E-state index in [4.69, 9.17) is 9.57 Å². The van der Waals surface area contributed by atoms with Gasteiger partial charge >= 0.3 is 0 Å². The van der Waals surface area contributed by atoms with Gasteiger partial charge in [-0.15, -0.1) is 0 Å². The van der Waals surface area contributed by atoms with Gasteiger partial charge in [-0.1, -0.05) is 37.3 Å². The van der Waals surface area contributed by atoms with Crippen molar-refractivity contribution in [2.75, 3.05) is 19.8 Å². The van der Waals surface area contributed by atoms with Gasteiger partial charge in [0.25, 0.3) is 0 Å². The van der Waals surface area contributed by atoms with E-state index in [1.165, 1.54) is 5.56 Å². The molecule has 3 heteroatoms. The largest absolute Gasteiger partial charge is 0.377 e. The first-order valence-corrected chi connectivity index (χ1v) is 5.40. The molecule has 0 spiro atoms. The molecule has 0 aliphatic rings. The highest BCUT2D eigenvalue weighted by Crippen LogP contribution is 2.00. The van der Waals surface area contributed by atoms with E-state index in [1.807, 2.05) is 25.1 Å². The summed E-state index contributed by atoms with van der Waals surface area (Å²) < 4.78 is 5.49. The maximum absolute atomic E-state index is 5.49. The molecule has 0 bridgehead atoms. The van der Waals surface area contributed by atoms with Crippen LogP contribution >= 0.6 is 0 Å². The molecule has 0 saturated carbocycles. The minimum Gasteiger partial charge on any atom is -0.377 e. The van der Waals surface area contributed by atoms with Crippen molar-refractivity contribution in [3.63, 3.8) is 0 Å². The summed E-state index contributed by atoms with van der Waals surface area (Å²) in [4.78, 5) is 5.11. The van der Waals surface area contributed by atoms with Crippen LogP contribution in [0, 0.1) is 0 Å². The quantitative estimate of drug-likeness (QED) is 0.525. The average molecular weight is 209 g/mol. The molecule has 1 aromatic carbocycles. The molecule has 0 radical (unpaired) electrons. The van der Waals surface area contributed by atoms with Gasteiger partial charge in [-0.2, -0.15) is 0 Å². The van der Waals surface area contributed by atoms with Gasteiger partial charge < -0.3 is 9.57 Å². The van der Waals surface area contributed by atoms with E-state index in [2.05, 4.69) is 17.6 Å². The molecular weight excluding hydrogens is 190 g/mol. The zero-order chi connectivity index (χ0) is 10.8. The number of hydrogen-bond acceptors (Lipinski definition) is 3. The Balaban J connectivity index is 1.93. The van der Waals surface area contributed by atoms with Crippen molar-refractivity contribution in [1.82, 2.24) is 5.48 Å². The van der Waals surface area contributed by atoms with Crippen LogP contribution in [0.15, 0.2) is 30.3 Å². The van der Waals surface area contributed by atoms with Crippen LogP contribution in [0.4, 0.5) is 0 Å². The second-order valence-corrected chi connectivity index (χ2v) is 3.24. The van der Waals surface area contributed by atoms with Crippen LogP contribution < -0.4 is 5.48 Å². The van der Waals surface area contributed by atoms with Crippen LogP contribution in [0.5, 0.6) is 0 Å². The Hall–Kier alpha value is -0.900. The number of ether oxygens (including phenoxy) is 1. The first-order chi connectivity index (χ1) is 7.43. The number of hydroxylamine groups is 1. The fourth-order valence-corrected chi connectivity index (χ4v) is 1.17. The SMILES string of the molecule is CCNOCCCOCc1ccccc1. The summed E-state index contributed by atoms with van der Waals surface area (Å²) in [6, 6.07) is 10.2. The molecular formula is C12H19NO2. The summed E-state index contributed by atoms with van der Waals surface area (Å²) in [7, 11) is 0. The fraction of sp³-hybridized carbons (Fsp3) is 0.500. The molecule has 1 rings (SSSR count). The molecule has 0 aromatic heterocycles. The lowest BCUT2D eigenvalue weighted by molar-refractivity contribution is 0.0231. The summed E-state index contributed by atoms with van der Waals surface area (Å²) in [5.41, 5.74) is 4.01. The molecule has 0 saturated heterocycles. The van der Waals surface area contributed by atoms with Crippen molar-refractivity contribution in [1.29, 1.82) is 0 Å². The first-order valence-electron chi connectivity index (χ1n) is 5.40. The smallest absolute Gasteiger partial charge is 0.0716 e. The second-order valence-electron chi connectivity index (χ2n) is 3.24. The van der Waals surface area contributed by atoms with Crippen LogP contribution in [0.2, 0.25) is 0 Å². The lowest BCUT2D eigenvalue weighted by Gasteiger charge is -2.05. The number of benzene rings is 1. The Bertz CT molecular complexity index is 239. The molecule has 1 aromatic rings. The van der Waals surface area contributed by atoms with Gasteiger partial charge in [-0.3, -0.25) is 0 Å². The predicted octanol–water partition coefficient (Wildman–Crippen LogP) is 2.13. The Kier molecular flexibility index (Phi) is 6.83. The van der Waals surface area contributed by atoms with Crippen molar-refractivity contribution in [3.05, 3.63) is 35.9 Å². The monoisotopic (exact) mass is 209 g/mol. The lowest BCUT2D eigenvalue weighted by Crippen LogP contribution is -2.15. The van der Waals surface area contributed by atoms with Gasteiger partial charge in [0.05, 0.1) is 13.2 Å². The van der Waals surface area contributed by atoms with E-state index in [-0.39, 0.29) is 0 Å². The molecule has 0 atom stereocenters. The molecule has 0 aliphatic carbocycles. The highest BCUT2D eigenvalue weighted by atomic mass is 16.6. The number of nitrogens with one attached hydrogen (secondary N) is 1. The number of rotatable bonds is 8. The second kappa shape index (κ2) is 8.41. The normalized spacial score (nSPS) is 10.5. The maximum Gasteiger partial charge on any atom is 0.0716 e. The van der Waals surface area contributed by atoms with Gasteiger partial charge in [-0.25, -0.2) is 5.48 Å². The highest BCUT2D eigenvalue weighted by molar-refractivity contribution is 5.13. The van der Waals surface area contributed by atoms with Crippen molar-refractivity contribution in [2.24, 2.45) is 0 Å². The van der Waals surface area contributed by atoms with Crippen molar-refractivity contribution >= 4 is 0 Å². The van der Waals surface area contributed by atoms with E-state index in [9.17, 15) is 0 Å².